The van der Waals surface area contributed by atoms with Crippen molar-refractivity contribution in [3.8, 4) is 0 Å². The molecule has 0 unspecified atom stereocenters. The van der Waals surface area contributed by atoms with Crippen LogP contribution in [0.1, 0.15) is 15.9 Å². The monoisotopic (exact) mass is 320 g/mol. The molecular formula is C14H10BrFN2O. The van der Waals surface area contributed by atoms with Crippen LogP contribution in [0.5, 0.6) is 0 Å². The Morgan fingerprint density at radius 3 is 2.63 bits per heavy atom. The Bertz CT molecular complexity index is 611. The van der Waals surface area contributed by atoms with E-state index in [9.17, 15) is 9.18 Å². The SMILES string of the molecule is O=C(N/N=C/c1cccc(F)c1)c1ccc(Br)cc1. The molecule has 0 spiro atoms. The van der Waals surface area contributed by atoms with Crippen molar-refractivity contribution in [2.24, 2.45) is 5.10 Å². The van der Waals surface area contributed by atoms with Gasteiger partial charge in [-0.15, -0.1) is 0 Å². The molecule has 0 fully saturated rings. The number of amides is 1. The van der Waals surface area contributed by atoms with Crippen molar-refractivity contribution < 1.29 is 9.18 Å². The molecule has 1 N–H and O–H groups in total. The predicted octanol–water partition coefficient (Wildman–Crippen LogP) is 3.35. The highest BCUT2D eigenvalue weighted by atomic mass is 79.9. The van der Waals surface area contributed by atoms with Gasteiger partial charge in [0.25, 0.3) is 5.91 Å². The molecule has 2 aromatic rings. The van der Waals surface area contributed by atoms with Gasteiger partial charge in [-0.25, -0.2) is 9.82 Å². The molecule has 0 radical (unpaired) electrons. The number of hydrazone groups is 1. The Hall–Kier alpha value is -2.01. The molecule has 0 aromatic heterocycles. The zero-order valence-electron chi connectivity index (χ0n) is 9.81. The van der Waals surface area contributed by atoms with E-state index in [1.165, 1.54) is 18.3 Å². The zero-order chi connectivity index (χ0) is 13.7. The van der Waals surface area contributed by atoms with Gasteiger partial charge in [0.1, 0.15) is 5.82 Å². The van der Waals surface area contributed by atoms with Crippen LogP contribution in [-0.2, 0) is 0 Å². The van der Waals surface area contributed by atoms with Crippen molar-refractivity contribution in [3.05, 3.63) is 69.9 Å². The first-order valence-electron chi connectivity index (χ1n) is 5.50. The molecule has 2 rings (SSSR count). The fraction of sp³-hybridized carbons (Fsp3) is 0. The number of halogens is 2. The molecule has 96 valence electrons. The van der Waals surface area contributed by atoms with Gasteiger partial charge in [0, 0.05) is 10.0 Å². The Morgan fingerprint density at radius 1 is 1.21 bits per heavy atom. The highest BCUT2D eigenvalue weighted by Gasteiger charge is 2.02. The lowest BCUT2D eigenvalue weighted by Crippen LogP contribution is -2.17. The summed E-state index contributed by atoms with van der Waals surface area (Å²) in [7, 11) is 0. The molecule has 0 saturated heterocycles. The van der Waals surface area contributed by atoms with Gasteiger partial charge in [-0.1, -0.05) is 28.1 Å². The summed E-state index contributed by atoms with van der Waals surface area (Å²) in [5.74, 6) is -0.664. The fourth-order valence-corrected chi connectivity index (χ4v) is 1.68. The Morgan fingerprint density at radius 2 is 1.95 bits per heavy atom. The lowest BCUT2D eigenvalue weighted by atomic mass is 10.2. The Balaban J connectivity index is 1.98. The van der Waals surface area contributed by atoms with Crippen LogP contribution in [0.2, 0.25) is 0 Å². The maximum absolute atomic E-state index is 12.9. The number of carbonyl (C=O) groups excluding carboxylic acids is 1. The minimum Gasteiger partial charge on any atom is -0.267 e. The number of carbonyl (C=O) groups is 1. The van der Waals surface area contributed by atoms with E-state index >= 15 is 0 Å². The fourth-order valence-electron chi connectivity index (χ4n) is 1.42. The van der Waals surface area contributed by atoms with E-state index in [0.29, 0.717) is 11.1 Å². The average molecular weight is 321 g/mol. The van der Waals surface area contributed by atoms with Crippen LogP contribution in [0.15, 0.2) is 58.1 Å². The first kappa shape index (κ1) is 13.4. The third kappa shape index (κ3) is 3.99. The molecule has 0 aliphatic rings. The summed E-state index contributed by atoms with van der Waals surface area (Å²) in [4.78, 5) is 11.7. The third-order valence-corrected chi connectivity index (χ3v) is 2.86. The molecule has 0 bridgehead atoms. The number of rotatable bonds is 3. The van der Waals surface area contributed by atoms with Gasteiger partial charge in [-0.3, -0.25) is 4.79 Å². The second-order valence-electron chi connectivity index (χ2n) is 3.76. The number of nitrogens with one attached hydrogen (secondary N) is 1. The summed E-state index contributed by atoms with van der Waals surface area (Å²) in [6.07, 6.45) is 1.39. The molecule has 0 heterocycles. The maximum atomic E-state index is 12.9. The minimum atomic E-state index is -0.344. The standard InChI is InChI=1S/C14H10BrFN2O/c15-12-6-4-11(5-7-12)14(19)18-17-9-10-2-1-3-13(16)8-10/h1-9H,(H,18,19)/b17-9+. The quantitative estimate of drug-likeness (QED) is 0.684. The van der Waals surface area contributed by atoms with Crippen LogP contribution in [0.3, 0.4) is 0 Å². The second kappa shape index (κ2) is 6.24. The molecule has 0 atom stereocenters. The van der Waals surface area contributed by atoms with Crippen molar-refractivity contribution in [2.75, 3.05) is 0 Å². The van der Waals surface area contributed by atoms with E-state index in [0.717, 1.165) is 4.47 Å². The van der Waals surface area contributed by atoms with Crippen molar-refractivity contribution in [1.82, 2.24) is 5.43 Å². The largest absolute Gasteiger partial charge is 0.271 e. The van der Waals surface area contributed by atoms with E-state index in [-0.39, 0.29) is 11.7 Å². The number of hydrogen-bond acceptors (Lipinski definition) is 2. The van der Waals surface area contributed by atoms with Crippen molar-refractivity contribution >= 4 is 28.1 Å². The number of nitrogens with zero attached hydrogens (tertiary/aromatic N) is 1. The first-order valence-corrected chi connectivity index (χ1v) is 6.29. The molecule has 5 heteroatoms. The average Bonchev–Trinajstić information content (AvgIpc) is 2.39. The third-order valence-electron chi connectivity index (χ3n) is 2.33. The van der Waals surface area contributed by atoms with E-state index in [1.807, 2.05) is 0 Å². The Kier molecular flexibility index (Phi) is 4.41. The van der Waals surface area contributed by atoms with Crippen LogP contribution in [0.25, 0.3) is 0 Å². The first-order chi connectivity index (χ1) is 9.15. The van der Waals surface area contributed by atoms with Crippen molar-refractivity contribution in [2.45, 2.75) is 0 Å². The zero-order valence-corrected chi connectivity index (χ0v) is 11.4. The molecule has 0 aliphatic heterocycles. The summed E-state index contributed by atoms with van der Waals surface area (Å²) < 4.78 is 13.8. The van der Waals surface area contributed by atoms with Gasteiger partial charge >= 0.3 is 0 Å². The van der Waals surface area contributed by atoms with E-state index < -0.39 is 0 Å². The van der Waals surface area contributed by atoms with Crippen LogP contribution < -0.4 is 5.43 Å². The van der Waals surface area contributed by atoms with E-state index in [4.69, 9.17) is 0 Å². The van der Waals surface area contributed by atoms with Crippen LogP contribution in [-0.4, -0.2) is 12.1 Å². The molecule has 0 saturated carbocycles. The molecular weight excluding hydrogens is 311 g/mol. The molecule has 19 heavy (non-hydrogen) atoms. The minimum absolute atomic E-state index is 0.319. The van der Waals surface area contributed by atoms with Crippen LogP contribution in [0, 0.1) is 5.82 Å². The maximum Gasteiger partial charge on any atom is 0.271 e. The smallest absolute Gasteiger partial charge is 0.267 e. The Labute approximate surface area is 118 Å². The number of hydrogen-bond donors (Lipinski definition) is 1. The molecule has 3 nitrogen and oxygen atoms in total. The van der Waals surface area contributed by atoms with Gasteiger partial charge in [-0.2, -0.15) is 5.10 Å². The van der Waals surface area contributed by atoms with Crippen LogP contribution in [0.4, 0.5) is 4.39 Å². The van der Waals surface area contributed by atoms with Gasteiger partial charge in [0.15, 0.2) is 0 Å². The highest BCUT2D eigenvalue weighted by molar-refractivity contribution is 9.10. The molecule has 0 aliphatic carbocycles. The predicted molar refractivity (Wildman–Crippen MR) is 75.6 cm³/mol. The summed E-state index contributed by atoms with van der Waals surface area (Å²) in [6, 6.07) is 12.8. The highest BCUT2D eigenvalue weighted by Crippen LogP contribution is 2.10. The second-order valence-corrected chi connectivity index (χ2v) is 4.68. The summed E-state index contributed by atoms with van der Waals surface area (Å²) >= 11 is 3.29. The van der Waals surface area contributed by atoms with Gasteiger partial charge < -0.3 is 0 Å². The molecule has 2 aromatic carbocycles. The molecule has 1 amide bonds. The summed E-state index contributed by atoms with van der Waals surface area (Å²) in [5.41, 5.74) is 3.46. The van der Waals surface area contributed by atoms with Crippen LogP contribution >= 0.6 is 15.9 Å². The van der Waals surface area contributed by atoms with Gasteiger partial charge in [0.05, 0.1) is 6.21 Å². The van der Waals surface area contributed by atoms with E-state index in [2.05, 4.69) is 26.5 Å². The van der Waals surface area contributed by atoms with Gasteiger partial charge in [0.2, 0.25) is 0 Å². The lowest BCUT2D eigenvalue weighted by Gasteiger charge is -1.99. The normalized spacial score (nSPS) is 10.6. The summed E-state index contributed by atoms with van der Waals surface area (Å²) in [6.45, 7) is 0. The topological polar surface area (TPSA) is 41.5 Å². The number of benzene rings is 2. The van der Waals surface area contributed by atoms with E-state index in [1.54, 1.807) is 36.4 Å². The summed E-state index contributed by atoms with van der Waals surface area (Å²) in [5, 5.41) is 3.78. The lowest BCUT2D eigenvalue weighted by molar-refractivity contribution is 0.0955. The van der Waals surface area contributed by atoms with Crippen molar-refractivity contribution in [3.63, 3.8) is 0 Å². The van der Waals surface area contributed by atoms with Crippen molar-refractivity contribution in [1.29, 1.82) is 0 Å². The van der Waals surface area contributed by atoms with Gasteiger partial charge in [-0.05, 0) is 42.0 Å².